The number of aromatic nitrogens is 5. The maximum atomic E-state index is 14.0. The second-order valence-electron chi connectivity index (χ2n) is 8.18. The van der Waals surface area contributed by atoms with E-state index >= 15 is 0 Å². The number of anilines is 2. The van der Waals surface area contributed by atoms with Crippen LogP contribution in [0.3, 0.4) is 0 Å². The van der Waals surface area contributed by atoms with Gasteiger partial charge in [0.25, 0.3) is 5.91 Å². The average Bonchev–Trinajstić information content (AvgIpc) is 3.46. The van der Waals surface area contributed by atoms with Gasteiger partial charge in [0.05, 0.1) is 33.9 Å². The highest BCUT2D eigenvalue weighted by atomic mass is 16.3. The Hall–Kier alpha value is -4.27. The summed E-state index contributed by atoms with van der Waals surface area (Å²) in [5, 5.41) is 5.24. The summed E-state index contributed by atoms with van der Waals surface area (Å²) in [6.45, 7) is 3.03. The quantitative estimate of drug-likeness (QED) is 0.415. The average molecular weight is 439 g/mol. The zero-order valence-electron chi connectivity index (χ0n) is 18.5. The number of likely N-dealkylation sites (N-methyl/N-ethyl adjacent to an activating group) is 1. The third kappa shape index (κ3) is 2.96. The van der Waals surface area contributed by atoms with Gasteiger partial charge >= 0.3 is 0 Å². The minimum atomic E-state index is -0.162. The molecule has 0 aliphatic carbocycles. The van der Waals surface area contributed by atoms with Crippen LogP contribution in [0.5, 0.6) is 0 Å². The number of rotatable bonds is 2. The van der Waals surface area contributed by atoms with Crippen LogP contribution in [-0.2, 0) is 7.05 Å². The van der Waals surface area contributed by atoms with Crippen LogP contribution >= 0.6 is 0 Å². The molecular weight excluding hydrogens is 418 g/mol. The molecule has 0 atom stereocenters. The number of carbonyl (C=O) groups excluding carboxylic acids is 1. The minimum Gasteiger partial charge on any atom is -0.463 e. The van der Waals surface area contributed by atoms with Gasteiger partial charge in [-0.2, -0.15) is 5.10 Å². The van der Waals surface area contributed by atoms with Gasteiger partial charge in [-0.1, -0.05) is 12.1 Å². The highest BCUT2D eigenvalue weighted by molar-refractivity contribution is 6.15. The van der Waals surface area contributed by atoms with E-state index in [0.717, 1.165) is 22.1 Å². The number of benzene rings is 1. The van der Waals surface area contributed by atoms with E-state index in [0.29, 0.717) is 47.4 Å². The molecule has 1 aromatic carbocycles. The number of pyridine rings is 1. The summed E-state index contributed by atoms with van der Waals surface area (Å²) in [7, 11) is 3.79. The lowest BCUT2D eigenvalue weighted by Crippen LogP contribution is -2.44. The number of nitrogens with zero attached hydrogens (tertiary/aromatic N) is 7. The smallest absolute Gasteiger partial charge is 0.260 e. The molecule has 33 heavy (non-hydrogen) atoms. The van der Waals surface area contributed by atoms with Crippen molar-refractivity contribution in [3.8, 4) is 11.5 Å². The van der Waals surface area contributed by atoms with Crippen molar-refractivity contribution in [2.75, 3.05) is 29.9 Å². The molecule has 0 spiro atoms. The van der Waals surface area contributed by atoms with Crippen molar-refractivity contribution < 1.29 is 9.21 Å². The number of amides is 1. The van der Waals surface area contributed by atoms with E-state index in [4.69, 9.17) is 19.4 Å². The highest BCUT2D eigenvalue weighted by Crippen LogP contribution is 2.34. The number of fused-ring (bicyclic) bond motifs is 3. The molecule has 9 nitrogen and oxygen atoms in total. The molecule has 0 unspecified atom stereocenters. The number of carbonyl (C=O) groups is 1. The molecule has 0 fully saturated rings. The monoisotopic (exact) mass is 439 g/mol. The van der Waals surface area contributed by atoms with Crippen molar-refractivity contribution in [1.82, 2.24) is 24.7 Å². The van der Waals surface area contributed by atoms with Gasteiger partial charge in [-0.05, 0) is 37.3 Å². The topological polar surface area (TPSA) is 93.2 Å². The molecule has 0 radical (unpaired) electrons. The van der Waals surface area contributed by atoms with Crippen molar-refractivity contribution in [1.29, 1.82) is 0 Å². The third-order valence-corrected chi connectivity index (χ3v) is 6.03. The molecule has 1 amide bonds. The van der Waals surface area contributed by atoms with Crippen molar-refractivity contribution in [2.24, 2.45) is 7.05 Å². The van der Waals surface area contributed by atoms with Crippen molar-refractivity contribution in [3.05, 3.63) is 60.0 Å². The molecule has 5 heterocycles. The number of hydrogen-bond acceptors (Lipinski definition) is 7. The molecule has 4 aromatic heterocycles. The van der Waals surface area contributed by atoms with E-state index in [-0.39, 0.29) is 5.91 Å². The Balaban J connectivity index is 1.55. The Bertz CT molecular complexity index is 1540. The van der Waals surface area contributed by atoms with Crippen molar-refractivity contribution >= 4 is 39.6 Å². The lowest BCUT2D eigenvalue weighted by Gasteiger charge is -2.34. The number of hydrogen-bond donors (Lipinski definition) is 0. The van der Waals surface area contributed by atoms with Crippen LogP contribution in [0.15, 0.2) is 53.1 Å². The summed E-state index contributed by atoms with van der Waals surface area (Å²) in [6.07, 6.45) is 1.59. The van der Waals surface area contributed by atoms with Crippen LogP contribution in [0.25, 0.3) is 33.5 Å². The van der Waals surface area contributed by atoms with Crippen LogP contribution < -0.4 is 9.80 Å². The van der Waals surface area contributed by atoms with E-state index < -0.39 is 0 Å². The molecule has 0 N–H and O–H groups in total. The van der Waals surface area contributed by atoms with E-state index in [1.54, 1.807) is 28.0 Å². The second kappa shape index (κ2) is 7.13. The largest absolute Gasteiger partial charge is 0.463 e. The normalized spacial score (nSPS) is 13.7. The number of para-hydroxylation sites is 2. The van der Waals surface area contributed by atoms with Gasteiger partial charge in [0.15, 0.2) is 23.0 Å². The Kier molecular flexibility index (Phi) is 4.19. The summed E-state index contributed by atoms with van der Waals surface area (Å²) < 4.78 is 7.26. The summed E-state index contributed by atoms with van der Waals surface area (Å²) in [5.41, 5.74) is 4.02. The summed E-state index contributed by atoms with van der Waals surface area (Å²) in [4.78, 5) is 32.1. The minimum absolute atomic E-state index is 0.162. The van der Waals surface area contributed by atoms with Gasteiger partial charge in [0.1, 0.15) is 5.69 Å². The maximum absolute atomic E-state index is 14.0. The van der Waals surface area contributed by atoms with Crippen LogP contribution in [0.4, 0.5) is 11.6 Å². The molecule has 0 bridgehead atoms. The Labute approximate surface area is 189 Å². The number of furan rings is 1. The Morgan fingerprint density at radius 3 is 2.45 bits per heavy atom. The first kappa shape index (κ1) is 19.4. The van der Waals surface area contributed by atoms with Crippen LogP contribution in [-0.4, -0.2) is 50.8 Å². The molecule has 0 saturated heterocycles. The summed E-state index contributed by atoms with van der Waals surface area (Å²) >= 11 is 0. The third-order valence-electron chi connectivity index (χ3n) is 6.03. The van der Waals surface area contributed by atoms with Gasteiger partial charge < -0.3 is 9.32 Å². The molecule has 1 aliphatic heterocycles. The van der Waals surface area contributed by atoms with Crippen LogP contribution in [0.1, 0.15) is 16.1 Å². The zero-order chi connectivity index (χ0) is 22.7. The second-order valence-corrected chi connectivity index (χ2v) is 8.18. The fraction of sp³-hybridized carbons (Fsp3) is 0.208. The Morgan fingerprint density at radius 2 is 1.73 bits per heavy atom. The zero-order valence-corrected chi connectivity index (χ0v) is 18.5. The first-order chi connectivity index (χ1) is 16.0. The fourth-order valence-corrected chi connectivity index (χ4v) is 4.39. The summed E-state index contributed by atoms with van der Waals surface area (Å²) in [5.74, 6) is 1.67. The Morgan fingerprint density at radius 1 is 0.970 bits per heavy atom. The summed E-state index contributed by atoms with van der Waals surface area (Å²) in [6, 6.07) is 13.1. The van der Waals surface area contributed by atoms with E-state index in [9.17, 15) is 4.79 Å². The first-order valence-corrected chi connectivity index (χ1v) is 10.7. The molecule has 164 valence electrons. The standard InChI is InChI=1S/C24H21N7O2/c1-14-20-15(13-18(19-9-6-12-33-19)27-21(20)30(3)28-14)24(32)31-11-10-29(2)22-23(31)26-17-8-5-4-7-16(17)25-22/h4-9,12-13H,10-11H2,1-3H3. The van der Waals surface area contributed by atoms with Gasteiger partial charge in [0, 0.05) is 27.2 Å². The van der Waals surface area contributed by atoms with Gasteiger partial charge in [-0.15, -0.1) is 0 Å². The number of aryl methyl sites for hydroxylation is 2. The molecule has 0 saturated carbocycles. The lowest BCUT2D eigenvalue weighted by molar-refractivity contribution is 0.0987. The van der Waals surface area contributed by atoms with Gasteiger partial charge in [0.2, 0.25) is 0 Å². The predicted octanol–water partition coefficient (Wildman–Crippen LogP) is 3.58. The van der Waals surface area contributed by atoms with Crippen molar-refractivity contribution in [2.45, 2.75) is 6.92 Å². The van der Waals surface area contributed by atoms with E-state index in [2.05, 4.69) is 5.10 Å². The van der Waals surface area contributed by atoms with Crippen molar-refractivity contribution in [3.63, 3.8) is 0 Å². The molecule has 9 heteroatoms. The van der Waals surface area contributed by atoms with E-state index in [1.165, 1.54) is 0 Å². The molecular formula is C24H21N7O2. The van der Waals surface area contributed by atoms with E-state index in [1.807, 2.05) is 56.3 Å². The predicted molar refractivity (Wildman–Crippen MR) is 125 cm³/mol. The van der Waals surface area contributed by atoms with Gasteiger partial charge in [-0.3, -0.25) is 14.4 Å². The van der Waals surface area contributed by atoms with Gasteiger partial charge in [-0.25, -0.2) is 15.0 Å². The maximum Gasteiger partial charge on any atom is 0.260 e. The lowest BCUT2D eigenvalue weighted by atomic mass is 10.1. The molecule has 6 rings (SSSR count). The highest BCUT2D eigenvalue weighted by Gasteiger charge is 2.31. The van der Waals surface area contributed by atoms with Crippen LogP contribution in [0.2, 0.25) is 0 Å². The van der Waals surface area contributed by atoms with Crippen LogP contribution in [0, 0.1) is 6.92 Å². The molecule has 5 aromatic rings. The first-order valence-electron chi connectivity index (χ1n) is 10.7. The molecule has 1 aliphatic rings. The fourth-order valence-electron chi connectivity index (χ4n) is 4.39. The SMILES string of the molecule is Cc1nn(C)c2nc(-c3ccco3)cc(C(=O)N3CCN(C)c4nc5ccccc5nc43)c12.